The Morgan fingerprint density at radius 2 is 2.11 bits per heavy atom. The number of hydrogen-bond donors (Lipinski definition) is 2. The minimum absolute atomic E-state index is 0.119. The maximum absolute atomic E-state index is 9.43. The Labute approximate surface area is 119 Å². The molecule has 0 spiro atoms. The average Bonchev–Trinajstić information content (AvgIpc) is 2.86. The molecule has 1 aromatic carbocycles. The van der Waals surface area contributed by atoms with Crippen molar-refractivity contribution in [1.29, 1.82) is 0 Å². The fourth-order valence-electron chi connectivity index (χ4n) is 3.40. The average molecular weight is 277 g/mol. The van der Waals surface area contributed by atoms with Gasteiger partial charge in [0.2, 0.25) is 0 Å². The first kappa shape index (κ1) is 13.5. The van der Waals surface area contributed by atoms with Crippen molar-refractivity contribution in [3.8, 4) is 0 Å². The highest BCUT2D eigenvalue weighted by Gasteiger charge is 2.32. The minimum Gasteiger partial charge on any atom is -0.394 e. The lowest BCUT2D eigenvalue weighted by molar-refractivity contribution is 0.159. The Hall–Kier alpha value is -0.510. The molecule has 2 nitrogen and oxygen atoms in total. The highest BCUT2D eigenvalue weighted by molar-refractivity contribution is 8.00. The SMILES string of the molecule is NC1(CO)CCCC(Sc2ccc3c(c2)CCC3)C1. The highest BCUT2D eigenvalue weighted by Crippen LogP contribution is 2.38. The molecule has 0 saturated heterocycles. The van der Waals surface area contributed by atoms with Crippen molar-refractivity contribution < 1.29 is 5.11 Å². The van der Waals surface area contributed by atoms with Crippen LogP contribution in [0.25, 0.3) is 0 Å². The molecule has 1 aromatic rings. The number of rotatable bonds is 3. The third kappa shape index (κ3) is 2.99. The lowest BCUT2D eigenvalue weighted by Crippen LogP contribution is -2.48. The summed E-state index contributed by atoms with van der Waals surface area (Å²) < 4.78 is 0. The molecule has 2 aliphatic rings. The molecule has 0 aliphatic heterocycles. The Bertz CT molecular complexity index is 462. The number of aryl methyl sites for hydroxylation is 2. The maximum Gasteiger partial charge on any atom is 0.0611 e. The fraction of sp³-hybridized carbons (Fsp3) is 0.625. The zero-order valence-electron chi connectivity index (χ0n) is 11.4. The summed E-state index contributed by atoms with van der Waals surface area (Å²) in [6, 6.07) is 6.94. The molecule has 0 aromatic heterocycles. The van der Waals surface area contributed by atoms with Crippen LogP contribution in [-0.2, 0) is 12.8 Å². The van der Waals surface area contributed by atoms with E-state index in [1.165, 1.54) is 36.1 Å². The molecular weight excluding hydrogens is 254 g/mol. The van der Waals surface area contributed by atoms with E-state index in [2.05, 4.69) is 18.2 Å². The van der Waals surface area contributed by atoms with Crippen LogP contribution in [0.2, 0.25) is 0 Å². The Kier molecular flexibility index (Phi) is 3.88. The van der Waals surface area contributed by atoms with Gasteiger partial charge in [0.05, 0.1) is 6.61 Å². The fourth-order valence-corrected chi connectivity index (χ4v) is 4.84. The zero-order chi connectivity index (χ0) is 13.3. The zero-order valence-corrected chi connectivity index (χ0v) is 12.2. The first-order valence-corrected chi connectivity index (χ1v) is 8.25. The van der Waals surface area contributed by atoms with Crippen molar-refractivity contribution in [3.63, 3.8) is 0 Å². The molecule has 3 N–H and O–H groups in total. The number of aliphatic hydroxyl groups excluding tert-OH is 1. The number of nitrogens with two attached hydrogens (primary N) is 1. The van der Waals surface area contributed by atoms with Crippen LogP contribution in [0.5, 0.6) is 0 Å². The predicted molar refractivity (Wildman–Crippen MR) is 80.6 cm³/mol. The number of thioether (sulfide) groups is 1. The van der Waals surface area contributed by atoms with Gasteiger partial charge in [-0.15, -0.1) is 11.8 Å². The largest absolute Gasteiger partial charge is 0.394 e. The summed E-state index contributed by atoms with van der Waals surface area (Å²) in [5.74, 6) is 0. The molecule has 0 amide bonds. The van der Waals surface area contributed by atoms with Crippen LogP contribution in [-0.4, -0.2) is 22.5 Å². The van der Waals surface area contributed by atoms with Gasteiger partial charge in [-0.2, -0.15) is 0 Å². The van der Waals surface area contributed by atoms with Gasteiger partial charge in [0.25, 0.3) is 0 Å². The van der Waals surface area contributed by atoms with Gasteiger partial charge >= 0.3 is 0 Å². The molecule has 2 atom stereocenters. The van der Waals surface area contributed by atoms with E-state index in [1.807, 2.05) is 11.8 Å². The van der Waals surface area contributed by atoms with Crippen molar-refractivity contribution in [1.82, 2.24) is 0 Å². The molecule has 1 fully saturated rings. The van der Waals surface area contributed by atoms with Crippen molar-refractivity contribution in [3.05, 3.63) is 29.3 Å². The predicted octanol–water partition coefficient (Wildman–Crippen LogP) is 2.90. The number of fused-ring (bicyclic) bond motifs is 1. The van der Waals surface area contributed by atoms with E-state index in [-0.39, 0.29) is 12.1 Å². The summed E-state index contributed by atoms with van der Waals surface area (Å²) in [5, 5.41) is 9.99. The summed E-state index contributed by atoms with van der Waals surface area (Å²) in [7, 11) is 0. The minimum atomic E-state index is -0.341. The number of aliphatic hydroxyl groups is 1. The van der Waals surface area contributed by atoms with E-state index < -0.39 is 0 Å². The van der Waals surface area contributed by atoms with Crippen LogP contribution in [0.4, 0.5) is 0 Å². The first-order valence-electron chi connectivity index (χ1n) is 7.37. The second-order valence-electron chi connectivity index (χ2n) is 6.14. The van der Waals surface area contributed by atoms with Crippen LogP contribution in [0.15, 0.2) is 23.1 Å². The maximum atomic E-state index is 9.43. The molecule has 0 heterocycles. The van der Waals surface area contributed by atoms with Crippen LogP contribution in [0, 0.1) is 0 Å². The quantitative estimate of drug-likeness (QED) is 0.893. The molecule has 3 rings (SSSR count). The summed E-state index contributed by atoms with van der Waals surface area (Å²) >= 11 is 1.96. The summed E-state index contributed by atoms with van der Waals surface area (Å²) in [5.41, 5.74) is 8.97. The lowest BCUT2D eigenvalue weighted by Gasteiger charge is -2.36. The Balaban J connectivity index is 1.68. The molecule has 104 valence electrons. The molecule has 19 heavy (non-hydrogen) atoms. The van der Waals surface area contributed by atoms with Crippen LogP contribution < -0.4 is 5.73 Å². The van der Waals surface area contributed by atoms with Gasteiger partial charge in [-0.25, -0.2) is 0 Å². The van der Waals surface area contributed by atoms with E-state index in [9.17, 15) is 5.11 Å². The van der Waals surface area contributed by atoms with Gasteiger partial charge in [0.15, 0.2) is 0 Å². The standard InChI is InChI=1S/C16H23NOS/c17-16(11-18)8-2-5-15(10-16)19-14-7-6-12-3-1-4-13(12)9-14/h6-7,9,15,18H,1-5,8,10-11,17H2. The molecular formula is C16H23NOS. The van der Waals surface area contributed by atoms with Gasteiger partial charge in [-0.1, -0.05) is 12.5 Å². The lowest BCUT2D eigenvalue weighted by atomic mass is 9.83. The van der Waals surface area contributed by atoms with Crippen LogP contribution in [0.1, 0.15) is 43.2 Å². The summed E-state index contributed by atoms with van der Waals surface area (Å²) in [6.07, 6.45) is 8.06. The monoisotopic (exact) mass is 277 g/mol. The summed E-state index contributed by atoms with van der Waals surface area (Å²) in [4.78, 5) is 1.38. The van der Waals surface area contributed by atoms with E-state index in [0.29, 0.717) is 5.25 Å². The molecule has 2 unspecified atom stereocenters. The van der Waals surface area contributed by atoms with Crippen molar-refractivity contribution >= 4 is 11.8 Å². The van der Waals surface area contributed by atoms with E-state index >= 15 is 0 Å². The normalized spacial score (nSPS) is 30.3. The van der Waals surface area contributed by atoms with E-state index in [0.717, 1.165) is 19.3 Å². The van der Waals surface area contributed by atoms with E-state index in [4.69, 9.17) is 5.73 Å². The number of hydrogen-bond acceptors (Lipinski definition) is 3. The number of benzene rings is 1. The van der Waals surface area contributed by atoms with Gasteiger partial charge in [0.1, 0.15) is 0 Å². The molecule has 0 bridgehead atoms. The van der Waals surface area contributed by atoms with Crippen molar-refractivity contribution in [2.24, 2.45) is 5.73 Å². The van der Waals surface area contributed by atoms with E-state index in [1.54, 1.807) is 5.56 Å². The van der Waals surface area contributed by atoms with Gasteiger partial charge in [0, 0.05) is 15.7 Å². The topological polar surface area (TPSA) is 46.2 Å². The van der Waals surface area contributed by atoms with Gasteiger partial charge < -0.3 is 10.8 Å². The second-order valence-corrected chi connectivity index (χ2v) is 7.51. The van der Waals surface area contributed by atoms with Crippen molar-refractivity contribution in [2.45, 2.75) is 60.6 Å². The third-order valence-corrected chi connectivity index (χ3v) is 5.78. The summed E-state index contributed by atoms with van der Waals surface area (Å²) in [6.45, 7) is 0.119. The smallest absolute Gasteiger partial charge is 0.0611 e. The van der Waals surface area contributed by atoms with Crippen LogP contribution >= 0.6 is 11.8 Å². The third-order valence-electron chi connectivity index (χ3n) is 4.52. The highest BCUT2D eigenvalue weighted by atomic mass is 32.2. The van der Waals surface area contributed by atoms with Crippen LogP contribution in [0.3, 0.4) is 0 Å². The Morgan fingerprint density at radius 3 is 2.95 bits per heavy atom. The Morgan fingerprint density at radius 1 is 1.26 bits per heavy atom. The van der Waals surface area contributed by atoms with Gasteiger partial charge in [-0.05, 0) is 61.8 Å². The van der Waals surface area contributed by atoms with Gasteiger partial charge in [-0.3, -0.25) is 0 Å². The molecule has 2 aliphatic carbocycles. The molecule has 1 saturated carbocycles. The molecule has 3 heteroatoms. The van der Waals surface area contributed by atoms with Crippen molar-refractivity contribution in [2.75, 3.05) is 6.61 Å². The first-order chi connectivity index (χ1) is 9.18. The second kappa shape index (κ2) is 5.47. The molecule has 0 radical (unpaired) electrons.